The van der Waals surface area contributed by atoms with E-state index in [1.165, 1.54) is 13.2 Å². The molecule has 0 saturated heterocycles. The lowest BCUT2D eigenvalue weighted by Crippen LogP contribution is -2.12. The van der Waals surface area contributed by atoms with Crippen molar-refractivity contribution in [1.29, 1.82) is 0 Å². The summed E-state index contributed by atoms with van der Waals surface area (Å²) < 4.78 is 32.0. The number of rotatable bonds is 6. The third-order valence-corrected chi connectivity index (χ3v) is 2.96. The van der Waals surface area contributed by atoms with Gasteiger partial charge in [0.1, 0.15) is 18.1 Å². The van der Waals surface area contributed by atoms with Crippen LogP contribution in [0.5, 0.6) is 11.5 Å². The van der Waals surface area contributed by atoms with Gasteiger partial charge in [-0.05, 0) is 18.2 Å². The maximum atomic E-state index is 10.9. The minimum atomic E-state index is -3.06. The smallest absolute Gasteiger partial charge is 0.153 e. The molecule has 1 rings (SSSR count). The fourth-order valence-corrected chi connectivity index (χ4v) is 1.57. The number of hydrogen-bond acceptors (Lipinski definition) is 5. The lowest BCUT2D eigenvalue weighted by Gasteiger charge is -2.09. The highest BCUT2D eigenvalue weighted by Crippen LogP contribution is 2.22. The third kappa shape index (κ3) is 4.44. The van der Waals surface area contributed by atoms with Crippen LogP contribution in [0.15, 0.2) is 18.2 Å². The van der Waals surface area contributed by atoms with Crippen LogP contribution in [0.3, 0.4) is 0 Å². The molecular formula is C11H14O5S. The van der Waals surface area contributed by atoms with Crippen molar-refractivity contribution >= 4 is 16.1 Å². The molecular weight excluding hydrogens is 244 g/mol. The highest BCUT2D eigenvalue weighted by atomic mass is 32.2. The zero-order valence-electron chi connectivity index (χ0n) is 9.67. The van der Waals surface area contributed by atoms with Gasteiger partial charge >= 0.3 is 0 Å². The first-order valence-electron chi connectivity index (χ1n) is 4.90. The normalized spacial score (nSPS) is 10.9. The molecule has 94 valence electrons. The van der Waals surface area contributed by atoms with Crippen LogP contribution in [0.1, 0.15) is 10.4 Å². The Morgan fingerprint density at radius 1 is 1.35 bits per heavy atom. The molecule has 0 spiro atoms. The van der Waals surface area contributed by atoms with Gasteiger partial charge in [0.05, 0.1) is 18.4 Å². The van der Waals surface area contributed by atoms with E-state index < -0.39 is 9.84 Å². The third-order valence-electron chi connectivity index (χ3n) is 2.06. The molecule has 0 aromatic heterocycles. The molecule has 17 heavy (non-hydrogen) atoms. The van der Waals surface area contributed by atoms with E-state index in [9.17, 15) is 13.2 Å². The van der Waals surface area contributed by atoms with E-state index in [0.29, 0.717) is 23.3 Å². The van der Waals surface area contributed by atoms with E-state index in [-0.39, 0.29) is 12.4 Å². The number of benzene rings is 1. The van der Waals surface area contributed by atoms with Gasteiger partial charge < -0.3 is 9.47 Å². The van der Waals surface area contributed by atoms with Crippen molar-refractivity contribution in [2.24, 2.45) is 0 Å². The van der Waals surface area contributed by atoms with E-state index in [4.69, 9.17) is 9.47 Å². The van der Waals surface area contributed by atoms with E-state index >= 15 is 0 Å². The van der Waals surface area contributed by atoms with Crippen LogP contribution in [0.4, 0.5) is 0 Å². The first-order chi connectivity index (χ1) is 7.96. The first-order valence-corrected chi connectivity index (χ1v) is 6.96. The Bertz CT molecular complexity index is 493. The van der Waals surface area contributed by atoms with E-state index in [2.05, 4.69) is 0 Å². The van der Waals surface area contributed by atoms with Crippen LogP contribution in [-0.2, 0) is 9.84 Å². The zero-order chi connectivity index (χ0) is 12.9. The van der Waals surface area contributed by atoms with Gasteiger partial charge in [-0.25, -0.2) is 8.42 Å². The standard InChI is InChI=1S/C11H14O5S/c1-15-10-3-4-11(9(7-10)8-12)16-5-6-17(2,13)14/h3-4,7-8H,5-6H2,1-2H3. The Labute approximate surface area is 100 Å². The molecule has 1 aromatic rings. The highest BCUT2D eigenvalue weighted by molar-refractivity contribution is 7.90. The molecule has 1 aromatic carbocycles. The van der Waals surface area contributed by atoms with Crippen LogP contribution < -0.4 is 9.47 Å². The van der Waals surface area contributed by atoms with Crippen LogP contribution in [-0.4, -0.2) is 40.4 Å². The number of carbonyl (C=O) groups excluding carboxylic acids is 1. The first kappa shape index (κ1) is 13.5. The molecule has 0 radical (unpaired) electrons. The fraction of sp³-hybridized carbons (Fsp3) is 0.364. The second kappa shape index (κ2) is 5.67. The summed E-state index contributed by atoms with van der Waals surface area (Å²) in [6.07, 6.45) is 1.77. The van der Waals surface area contributed by atoms with Crippen LogP contribution in [0.25, 0.3) is 0 Å². The summed E-state index contributed by atoms with van der Waals surface area (Å²) in [6, 6.07) is 4.75. The molecule has 0 aliphatic rings. The van der Waals surface area contributed by atoms with Gasteiger partial charge in [-0.3, -0.25) is 4.79 Å². The van der Waals surface area contributed by atoms with Gasteiger partial charge in [-0.2, -0.15) is 0 Å². The summed E-state index contributed by atoms with van der Waals surface area (Å²) in [6.45, 7) is 0.0198. The summed E-state index contributed by atoms with van der Waals surface area (Å²) in [5.74, 6) is 0.809. The van der Waals surface area contributed by atoms with Gasteiger partial charge in [0.15, 0.2) is 16.1 Å². The Morgan fingerprint density at radius 2 is 2.06 bits per heavy atom. The average Bonchev–Trinajstić information content (AvgIpc) is 2.27. The van der Waals surface area contributed by atoms with Crippen molar-refractivity contribution in [3.8, 4) is 11.5 Å². The second-order valence-electron chi connectivity index (χ2n) is 3.50. The predicted octanol–water partition coefficient (Wildman–Crippen LogP) is 0.931. The molecule has 0 aliphatic carbocycles. The van der Waals surface area contributed by atoms with Crippen molar-refractivity contribution in [2.75, 3.05) is 25.7 Å². The van der Waals surface area contributed by atoms with Crippen molar-refractivity contribution in [1.82, 2.24) is 0 Å². The number of ether oxygens (including phenoxy) is 2. The molecule has 0 fully saturated rings. The number of aldehydes is 1. The van der Waals surface area contributed by atoms with Crippen molar-refractivity contribution in [3.63, 3.8) is 0 Å². The lowest BCUT2D eigenvalue weighted by atomic mass is 10.2. The zero-order valence-corrected chi connectivity index (χ0v) is 10.5. The van der Waals surface area contributed by atoms with Crippen LogP contribution in [0, 0.1) is 0 Å². The molecule has 0 unspecified atom stereocenters. The summed E-state index contributed by atoms with van der Waals surface area (Å²) in [5.41, 5.74) is 0.331. The number of hydrogen-bond donors (Lipinski definition) is 0. The summed E-state index contributed by atoms with van der Waals surface area (Å²) in [5, 5.41) is 0. The minimum Gasteiger partial charge on any atom is -0.497 e. The van der Waals surface area contributed by atoms with E-state index in [0.717, 1.165) is 6.26 Å². The molecule has 0 atom stereocenters. The van der Waals surface area contributed by atoms with Gasteiger partial charge in [0.25, 0.3) is 0 Å². The number of sulfone groups is 1. The van der Waals surface area contributed by atoms with Gasteiger partial charge in [-0.15, -0.1) is 0 Å². The quantitative estimate of drug-likeness (QED) is 0.710. The molecule has 0 amide bonds. The minimum absolute atomic E-state index is 0.0198. The fourth-order valence-electron chi connectivity index (χ4n) is 1.18. The van der Waals surface area contributed by atoms with Gasteiger partial charge in [0.2, 0.25) is 0 Å². The molecule has 0 N–H and O–H groups in total. The van der Waals surface area contributed by atoms with Gasteiger partial charge in [-0.1, -0.05) is 0 Å². The summed E-state index contributed by atoms with van der Waals surface area (Å²) >= 11 is 0. The molecule has 0 saturated carbocycles. The average molecular weight is 258 g/mol. The molecule has 0 aliphatic heterocycles. The Hall–Kier alpha value is -1.56. The Morgan fingerprint density at radius 3 is 2.59 bits per heavy atom. The lowest BCUT2D eigenvalue weighted by molar-refractivity contribution is 0.111. The van der Waals surface area contributed by atoms with Crippen molar-refractivity contribution < 1.29 is 22.7 Å². The summed E-state index contributed by atoms with van der Waals surface area (Å²) in [4.78, 5) is 10.8. The Kier molecular flexibility index (Phi) is 4.51. The van der Waals surface area contributed by atoms with Crippen LogP contribution in [0.2, 0.25) is 0 Å². The largest absolute Gasteiger partial charge is 0.497 e. The highest BCUT2D eigenvalue weighted by Gasteiger charge is 2.07. The predicted molar refractivity (Wildman–Crippen MR) is 63.6 cm³/mol. The monoisotopic (exact) mass is 258 g/mol. The topological polar surface area (TPSA) is 69.7 Å². The second-order valence-corrected chi connectivity index (χ2v) is 5.76. The number of methoxy groups -OCH3 is 1. The number of carbonyl (C=O) groups is 1. The maximum absolute atomic E-state index is 10.9. The van der Waals surface area contributed by atoms with Crippen molar-refractivity contribution in [2.45, 2.75) is 0 Å². The molecule has 0 heterocycles. The van der Waals surface area contributed by atoms with E-state index in [1.807, 2.05) is 0 Å². The van der Waals surface area contributed by atoms with E-state index in [1.54, 1.807) is 12.1 Å². The maximum Gasteiger partial charge on any atom is 0.153 e. The Balaban J connectivity index is 2.74. The molecule has 6 heteroatoms. The van der Waals surface area contributed by atoms with Crippen molar-refractivity contribution in [3.05, 3.63) is 23.8 Å². The SMILES string of the molecule is COc1ccc(OCCS(C)(=O)=O)c(C=O)c1. The van der Waals surface area contributed by atoms with Crippen LogP contribution >= 0.6 is 0 Å². The summed E-state index contributed by atoms with van der Waals surface area (Å²) in [7, 11) is -1.57. The van der Waals surface area contributed by atoms with Gasteiger partial charge in [0, 0.05) is 6.26 Å². The molecule has 0 bridgehead atoms. The molecule has 5 nitrogen and oxygen atoms in total.